The summed E-state index contributed by atoms with van der Waals surface area (Å²) in [6.45, 7) is 4.88. The maximum absolute atomic E-state index is 12.4. The first-order chi connectivity index (χ1) is 10.4. The molecular formula is C17H26NO4+. The maximum Gasteiger partial charge on any atom is 0.203 e. The van der Waals surface area contributed by atoms with Crippen LogP contribution in [-0.4, -0.2) is 40.7 Å². The smallest absolute Gasteiger partial charge is 0.203 e. The monoisotopic (exact) mass is 308 g/mol. The second-order valence-corrected chi connectivity index (χ2v) is 6.38. The van der Waals surface area contributed by atoms with E-state index in [0.29, 0.717) is 29.5 Å². The molecular weight excluding hydrogens is 282 g/mol. The lowest BCUT2D eigenvalue weighted by Gasteiger charge is -2.41. The Labute approximate surface area is 132 Å². The van der Waals surface area contributed by atoms with Crippen molar-refractivity contribution in [2.75, 3.05) is 34.9 Å². The summed E-state index contributed by atoms with van der Waals surface area (Å²) in [5, 5.41) is 0. The molecule has 0 spiro atoms. The van der Waals surface area contributed by atoms with Gasteiger partial charge in [0.2, 0.25) is 5.75 Å². The highest BCUT2D eigenvalue weighted by atomic mass is 16.5. The molecule has 1 N–H and O–H groups in total. The Bertz CT molecular complexity index is 543. The molecule has 0 saturated carbocycles. The van der Waals surface area contributed by atoms with E-state index < -0.39 is 5.41 Å². The van der Waals surface area contributed by atoms with Gasteiger partial charge in [-0.1, -0.05) is 0 Å². The number of piperidine rings is 1. The minimum atomic E-state index is -0.424. The number of ether oxygens (including phenoxy) is 3. The van der Waals surface area contributed by atoms with Gasteiger partial charge in [-0.2, -0.15) is 0 Å². The number of carbonyl (C=O) groups excluding carboxylic acids is 1. The molecule has 2 rings (SSSR count). The Morgan fingerprint density at radius 1 is 1.09 bits per heavy atom. The van der Waals surface area contributed by atoms with Gasteiger partial charge in [-0.15, -0.1) is 0 Å². The van der Waals surface area contributed by atoms with Gasteiger partial charge in [0.15, 0.2) is 11.5 Å². The molecule has 0 aliphatic carbocycles. The predicted octanol–water partition coefficient (Wildman–Crippen LogP) is 1.27. The van der Waals surface area contributed by atoms with Crippen molar-refractivity contribution in [1.29, 1.82) is 0 Å². The van der Waals surface area contributed by atoms with Gasteiger partial charge >= 0.3 is 0 Å². The fourth-order valence-corrected chi connectivity index (χ4v) is 3.52. The lowest BCUT2D eigenvalue weighted by Crippen LogP contribution is -3.12. The average Bonchev–Trinajstić information content (AvgIpc) is 2.50. The number of quaternary nitrogens is 1. The third kappa shape index (κ3) is 2.65. The molecule has 1 heterocycles. The molecule has 22 heavy (non-hydrogen) atoms. The van der Waals surface area contributed by atoms with Crippen LogP contribution in [0.4, 0.5) is 0 Å². The molecule has 1 fully saturated rings. The molecule has 0 aromatic heterocycles. The van der Waals surface area contributed by atoms with Crippen molar-refractivity contribution in [1.82, 2.24) is 0 Å². The van der Waals surface area contributed by atoms with Crippen molar-refractivity contribution in [3.63, 3.8) is 0 Å². The fraction of sp³-hybridized carbons (Fsp3) is 0.588. The SMILES string of the molecule is COc1cc([C@H]2[NH+](C)CCC(=O)C2(C)C)cc(OC)c1OC. The summed E-state index contributed by atoms with van der Waals surface area (Å²) in [5.74, 6) is 2.13. The van der Waals surface area contributed by atoms with Gasteiger partial charge < -0.3 is 19.1 Å². The van der Waals surface area contributed by atoms with Gasteiger partial charge in [0.1, 0.15) is 11.8 Å². The summed E-state index contributed by atoms with van der Waals surface area (Å²) in [6.07, 6.45) is 0.625. The van der Waals surface area contributed by atoms with Gasteiger partial charge in [0.25, 0.3) is 0 Å². The highest BCUT2D eigenvalue weighted by molar-refractivity contribution is 5.85. The molecule has 0 radical (unpaired) electrons. The highest BCUT2D eigenvalue weighted by Gasteiger charge is 2.47. The summed E-state index contributed by atoms with van der Waals surface area (Å²) >= 11 is 0. The third-order valence-electron chi connectivity index (χ3n) is 4.70. The van der Waals surface area contributed by atoms with Gasteiger partial charge in [-0.25, -0.2) is 0 Å². The van der Waals surface area contributed by atoms with E-state index in [1.165, 1.54) is 4.90 Å². The summed E-state index contributed by atoms with van der Waals surface area (Å²) in [4.78, 5) is 13.7. The standard InChI is InChI=1S/C17H25NO4/c1-17(2)14(19)7-8-18(3)16(17)11-9-12(20-4)15(22-6)13(10-11)21-5/h9-10,16H,7-8H2,1-6H3/p+1/t16-/m1/s1. The van der Waals surface area contributed by atoms with Crippen molar-refractivity contribution >= 4 is 5.78 Å². The largest absolute Gasteiger partial charge is 0.493 e. The molecule has 5 nitrogen and oxygen atoms in total. The zero-order valence-electron chi connectivity index (χ0n) is 14.3. The Hall–Kier alpha value is -1.75. The van der Waals surface area contributed by atoms with Crippen LogP contribution >= 0.6 is 0 Å². The Balaban J connectivity index is 2.57. The minimum Gasteiger partial charge on any atom is -0.493 e. The van der Waals surface area contributed by atoms with E-state index >= 15 is 0 Å². The van der Waals surface area contributed by atoms with E-state index in [-0.39, 0.29) is 6.04 Å². The second kappa shape index (κ2) is 6.16. The number of Topliss-reactive ketones (excluding diaryl/α,β-unsaturated/α-hetero) is 1. The van der Waals surface area contributed by atoms with E-state index in [9.17, 15) is 4.79 Å². The van der Waals surface area contributed by atoms with E-state index in [0.717, 1.165) is 12.1 Å². The Morgan fingerprint density at radius 3 is 2.09 bits per heavy atom. The average molecular weight is 308 g/mol. The number of hydrogen-bond donors (Lipinski definition) is 1. The zero-order chi connectivity index (χ0) is 16.5. The predicted molar refractivity (Wildman–Crippen MR) is 84.0 cm³/mol. The quantitative estimate of drug-likeness (QED) is 0.910. The highest BCUT2D eigenvalue weighted by Crippen LogP contribution is 2.43. The molecule has 5 heteroatoms. The minimum absolute atomic E-state index is 0.0578. The number of benzene rings is 1. The maximum atomic E-state index is 12.4. The zero-order valence-corrected chi connectivity index (χ0v) is 14.3. The van der Waals surface area contributed by atoms with E-state index in [1.807, 2.05) is 26.0 Å². The van der Waals surface area contributed by atoms with Gasteiger partial charge in [0, 0.05) is 5.56 Å². The van der Waals surface area contributed by atoms with Crippen LogP contribution in [-0.2, 0) is 4.79 Å². The number of likely N-dealkylation sites (tertiary alicyclic amines) is 1. The molecule has 1 aliphatic rings. The second-order valence-electron chi connectivity index (χ2n) is 6.38. The molecule has 1 unspecified atom stereocenters. The molecule has 1 aromatic carbocycles. The van der Waals surface area contributed by atoms with Crippen LogP contribution in [0, 0.1) is 5.41 Å². The number of methoxy groups -OCH3 is 3. The van der Waals surface area contributed by atoms with Crippen LogP contribution in [0.25, 0.3) is 0 Å². The molecule has 1 saturated heterocycles. The summed E-state index contributed by atoms with van der Waals surface area (Å²) < 4.78 is 16.3. The van der Waals surface area contributed by atoms with Gasteiger partial charge in [-0.3, -0.25) is 4.79 Å². The summed E-state index contributed by atoms with van der Waals surface area (Å²) in [5.41, 5.74) is 0.609. The number of carbonyl (C=O) groups is 1. The van der Waals surface area contributed by atoms with Crippen LogP contribution in [0.2, 0.25) is 0 Å². The van der Waals surface area contributed by atoms with Crippen molar-refractivity contribution < 1.29 is 23.9 Å². The Kier molecular flexibility index (Phi) is 4.66. The normalized spacial score (nSPS) is 24.0. The molecule has 2 atom stereocenters. The first-order valence-electron chi connectivity index (χ1n) is 7.52. The van der Waals surface area contributed by atoms with Gasteiger partial charge in [0.05, 0.1) is 46.8 Å². The van der Waals surface area contributed by atoms with Crippen LogP contribution in [0.3, 0.4) is 0 Å². The van der Waals surface area contributed by atoms with Crippen molar-refractivity contribution in [2.24, 2.45) is 5.41 Å². The number of hydrogen-bond acceptors (Lipinski definition) is 4. The number of nitrogens with one attached hydrogen (secondary N) is 1. The lowest BCUT2D eigenvalue weighted by molar-refractivity contribution is -0.921. The fourth-order valence-electron chi connectivity index (χ4n) is 3.52. The van der Waals surface area contributed by atoms with Crippen LogP contribution in [0.1, 0.15) is 31.9 Å². The van der Waals surface area contributed by atoms with E-state index in [4.69, 9.17) is 14.2 Å². The van der Waals surface area contributed by atoms with E-state index in [1.54, 1.807) is 21.3 Å². The molecule has 0 bridgehead atoms. The van der Waals surface area contributed by atoms with E-state index in [2.05, 4.69) is 7.05 Å². The molecule has 0 amide bonds. The van der Waals surface area contributed by atoms with Crippen LogP contribution in [0.5, 0.6) is 17.2 Å². The van der Waals surface area contributed by atoms with Gasteiger partial charge in [-0.05, 0) is 26.0 Å². The van der Waals surface area contributed by atoms with Crippen molar-refractivity contribution in [3.8, 4) is 17.2 Å². The lowest BCUT2D eigenvalue weighted by atomic mass is 9.72. The molecule has 1 aliphatic heterocycles. The molecule has 122 valence electrons. The number of ketones is 1. The first kappa shape index (κ1) is 16.6. The summed E-state index contributed by atoms with van der Waals surface area (Å²) in [7, 11) is 6.93. The topological polar surface area (TPSA) is 49.2 Å². The van der Waals surface area contributed by atoms with Crippen LogP contribution in [0.15, 0.2) is 12.1 Å². The third-order valence-corrected chi connectivity index (χ3v) is 4.70. The van der Waals surface area contributed by atoms with Crippen molar-refractivity contribution in [2.45, 2.75) is 26.3 Å². The molecule has 1 aromatic rings. The van der Waals surface area contributed by atoms with Crippen molar-refractivity contribution in [3.05, 3.63) is 17.7 Å². The first-order valence-corrected chi connectivity index (χ1v) is 7.52. The summed E-state index contributed by atoms with van der Waals surface area (Å²) in [6, 6.07) is 3.97. The van der Waals surface area contributed by atoms with Crippen LogP contribution < -0.4 is 19.1 Å². The number of rotatable bonds is 4. The Morgan fingerprint density at radius 2 is 1.64 bits per heavy atom.